The Labute approximate surface area is 182 Å². The Morgan fingerprint density at radius 1 is 1.10 bits per heavy atom. The van der Waals surface area contributed by atoms with Gasteiger partial charge >= 0.3 is 0 Å². The van der Waals surface area contributed by atoms with Gasteiger partial charge in [-0.15, -0.1) is 0 Å². The Bertz CT molecular complexity index is 1180. The van der Waals surface area contributed by atoms with E-state index in [4.69, 9.17) is 4.52 Å². The normalized spacial score (nSPS) is 12.4. The Balaban J connectivity index is 1.74. The smallest absolute Gasteiger partial charge is 0.246 e. The van der Waals surface area contributed by atoms with E-state index < -0.39 is 22.0 Å². The molecule has 3 aromatic rings. The third kappa shape index (κ3) is 5.49. The van der Waals surface area contributed by atoms with Crippen LogP contribution in [0.25, 0.3) is 11.4 Å². The standard InChI is InChI=1S/C22H26N4O4S/c1-14-7-6-8-18(10-14)21-24-20(30-25-21)13-23-22(27)17(4)26(31(5,28)29)19-11-15(2)9-16(3)12-19/h6-12,17H,13H2,1-5H3,(H,23,27). The molecule has 0 bridgehead atoms. The molecule has 31 heavy (non-hydrogen) atoms. The number of anilines is 1. The van der Waals surface area contributed by atoms with Crippen molar-refractivity contribution >= 4 is 21.6 Å². The van der Waals surface area contributed by atoms with Gasteiger partial charge in [-0.1, -0.05) is 35.0 Å². The van der Waals surface area contributed by atoms with E-state index in [2.05, 4.69) is 15.5 Å². The summed E-state index contributed by atoms with van der Waals surface area (Å²) in [5, 5.41) is 6.63. The number of sulfonamides is 1. The van der Waals surface area contributed by atoms with Crippen molar-refractivity contribution in [3.8, 4) is 11.4 Å². The second kappa shape index (κ2) is 8.89. The van der Waals surface area contributed by atoms with Crippen LogP contribution in [0.5, 0.6) is 0 Å². The molecule has 1 heterocycles. The molecule has 0 fully saturated rings. The molecule has 0 aliphatic heterocycles. The lowest BCUT2D eigenvalue weighted by Gasteiger charge is -2.28. The molecule has 0 aliphatic carbocycles. The zero-order valence-corrected chi connectivity index (χ0v) is 19.0. The molecule has 0 aliphatic rings. The van der Waals surface area contributed by atoms with E-state index in [1.807, 2.05) is 51.1 Å². The Morgan fingerprint density at radius 3 is 2.39 bits per heavy atom. The fourth-order valence-electron chi connectivity index (χ4n) is 3.43. The molecule has 9 heteroatoms. The number of carbonyl (C=O) groups excluding carboxylic acids is 1. The number of amides is 1. The number of aryl methyl sites for hydroxylation is 3. The summed E-state index contributed by atoms with van der Waals surface area (Å²) in [6, 6.07) is 12.1. The second-order valence-electron chi connectivity index (χ2n) is 7.68. The van der Waals surface area contributed by atoms with Crippen LogP contribution in [0.3, 0.4) is 0 Å². The zero-order chi connectivity index (χ0) is 22.8. The number of rotatable bonds is 7. The third-order valence-electron chi connectivity index (χ3n) is 4.71. The first-order valence-corrected chi connectivity index (χ1v) is 11.6. The highest BCUT2D eigenvalue weighted by Gasteiger charge is 2.29. The second-order valence-corrected chi connectivity index (χ2v) is 9.54. The monoisotopic (exact) mass is 442 g/mol. The maximum absolute atomic E-state index is 12.8. The van der Waals surface area contributed by atoms with E-state index in [9.17, 15) is 13.2 Å². The van der Waals surface area contributed by atoms with Crippen LogP contribution in [0.15, 0.2) is 47.0 Å². The quantitative estimate of drug-likeness (QED) is 0.603. The highest BCUT2D eigenvalue weighted by Crippen LogP contribution is 2.24. The molecule has 1 amide bonds. The van der Waals surface area contributed by atoms with Crippen LogP contribution in [0, 0.1) is 20.8 Å². The van der Waals surface area contributed by atoms with E-state index in [0.717, 1.165) is 32.8 Å². The number of aromatic nitrogens is 2. The van der Waals surface area contributed by atoms with Crippen molar-refractivity contribution in [3.63, 3.8) is 0 Å². The summed E-state index contributed by atoms with van der Waals surface area (Å²) in [4.78, 5) is 17.1. The lowest BCUT2D eigenvalue weighted by Crippen LogP contribution is -2.47. The molecule has 1 N–H and O–H groups in total. The topological polar surface area (TPSA) is 105 Å². The van der Waals surface area contributed by atoms with E-state index in [1.54, 1.807) is 19.1 Å². The predicted octanol–water partition coefficient (Wildman–Crippen LogP) is 3.13. The summed E-state index contributed by atoms with van der Waals surface area (Å²) in [7, 11) is -3.69. The summed E-state index contributed by atoms with van der Waals surface area (Å²) in [6.45, 7) is 7.26. The Morgan fingerprint density at radius 2 is 1.77 bits per heavy atom. The average Bonchev–Trinajstić information content (AvgIpc) is 3.13. The third-order valence-corrected chi connectivity index (χ3v) is 5.95. The van der Waals surface area contributed by atoms with Crippen molar-refractivity contribution < 1.29 is 17.7 Å². The van der Waals surface area contributed by atoms with Gasteiger partial charge in [0, 0.05) is 5.56 Å². The summed E-state index contributed by atoms with van der Waals surface area (Å²) in [6.07, 6.45) is 1.08. The van der Waals surface area contributed by atoms with Gasteiger partial charge in [-0.05, 0) is 57.0 Å². The van der Waals surface area contributed by atoms with Crippen molar-refractivity contribution in [2.24, 2.45) is 0 Å². The minimum Gasteiger partial charge on any atom is -0.345 e. The number of hydrogen-bond donors (Lipinski definition) is 1. The molecule has 8 nitrogen and oxygen atoms in total. The molecule has 1 atom stereocenters. The van der Waals surface area contributed by atoms with Gasteiger partial charge in [0.15, 0.2) is 0 Å². The van der Waals surface area contributed by atoms with Gasteiger partial charge < -0.3 is 9.84 Å². The van der Waals surface area contributed by atoms with Crippen LogP contribution in [-0.2, 0) is 21.4 Å². The van der Waals surface area contributed by atoms with Crippen molar-refractivity contribution in [3.05, 3.63) is 65.0 Å². The van der Waals surface area contributed by atoms with Gasteiger partial charge in [-0.3, -0.25) is 9.10 Å². The molecule has 1 aromatic heterocycles. The zero-order valence-electron chi connectivity index (χ0n) is 18.2. The summed E-state index contributed by atoms with van der Waals surface area (Å²) < 4.78 is 31.3. The van der Waals surface area contributed by atoms with Gasteiger partial charge in [0.1, 0.15) is 6.04 Å². The summed E-state index contributed by atoms with van der Waals surface area (Å²) in [5.41, 5.74) is 4.14. The van der Waals surface area contributed by atoms with Crippen LogP contribution in [-0.4, -0.2) is 36.8 Å². The van der Waals surface area contributed by atoms with Gasteiger partial charge in [-0.25, -0.2) is 8.42 Å². The minimum absolute atomic E-state index is 0.00750. The number of carbonyl (C=O) groups is 1. The largest absolute Gasteiger partial charge is 0.345 e. The SMILES string of the molecule is Cc1cccc(-c2noc(CNC(=O)C(C)N(c3cc(C)cc(C)c3)S(C)(=O)=O)n2)c1. The van der Waals surface area contributed by atoms with Crippen molar-refractivity contribution in [1.29, 1.82) is 0 Å². The van der Waals surface area contributed by atoms with Crippen molar-refractivity contribution in [2.45, 2.75) is 40.3 Å². The van der Waals surface area contributed by atoms with Gasteiger partial charge in [0.05, 0.1) is 18.5 Å². The minimum atomic E-state index is -3.69. The molecule has 0 saturated carbocycles. The molecule has 0 spiro atoms. The van der Waals surface area contributed by atoms with Crippen LogP contribution in [0.1, 0.15) is 29.5 Å². The van der Waals surface area contributed by atoms with Gasteiger partial charge in [0.25, 0.3) is 0 Å². The Kier molecular flexibility index (Phi) is 6.45. The van der Waals surface area contributed by atoms with Crippen molar-refractivity contribution in [1.82, 2.24) is 15.5 Å². The van der Waals surface area contributed by atoms with Crippen LogP contribution in [0.4, 0.5) is 5.69 Å². The van der Waals surface area contributed by atoms with Gasteiger partial charge in [-0.2, -0.15) is 4.98 Å². The fraction of sp³-hybridized carbons (Fsp3) is 0.318. The van der Waals surface area contributed by atoms with E-state index in [1.165, 1.54) is 0 Å². The number of hydrogen-bond acceptors (Lipinski definition) is 6. The predicted molar refractivity (Wildman–Crippen MR) is 119 cm³/mol. The molecule has 0 radical (unpaired) electrons. The molecular weight excluding hydrogens is 416 g/mol. The first-order chi connectivity index (χ1) is 14.5. The van der Waals surface area contributed by atoms with Crippen LogP contribution >= 0.6 is 0 Å². The maximum atomic E-state index is 12.8. The highest BCUT2D eigenvalue weighted by molar-refractivity contribution is 7.92. The van der Waals surface area contributed by atoms with E-state index in [-0.39, 0.29) is 12.4 Å². The summed E-state index contributed by atoms with van der Waals surface area (Å²) >= 11 is 0. The molecular formula is C22H26N4O4S. The number of nitrogens with zero attached hydrogens (tertiary/aromatic N) is 3. The number of nitrogens with one attached hydrogen (secondary N) is 1. The molecule has 1 unspecified atom stereocenters. The number of benzene rings is 2. The first kappa shape index (κ1) is 22.5. The fourth-order valence-corrected chi connectivity index (χ4v) is 4.58. The molecule has 164 valence electrons. The lowest BCUT2D eigenvalue weighted by molar-refractivity contribution is -0.122. The van der Waals surface area contributed by atoms with Crippen molar-refractivity contribution in [2.75, 3.05) is 10.6 Å². The van der Waals surface area contributed by atoms with E-state index >= 15 is 0 Å². The summed E-state index contributed by atoms with van der Waals surface area (Å²) in [5.74, 6) is 0.184. The molecule has 2 aromatic carbocycles. The molecule has 3 rings (SSSR count). The molecule has 0 saturated heterocycles. The average molecular weight is 443 g/mol. The maximum Gasteiger partial charge on any atom is 0.246 e. The van der Waals surface area contributed by atoms with E-state index in [0.29, 0.717) is 11.5 Å². The first-order valence-electron chi connectivity index (χ1n) is 9.79. The highest BCUT2D eigenvalue weighted by atomic mass is 32.2. The Hall–Kier alpha value is -3.20. The van der Waals surface area contributed by atoms with Crippen LogP contribution < -0.4 is 9.62 Å². The van der Waals surface area contributed by atoms with Gasteiger partial charge in [0.2, 0.25) is 27.6 Å². The lowest BCUT2D eigenvalue weighted by atomic mass is 10.1. The van der Waals surface area contributed by atoms with Crippen LogP contribution in [0.2, 0.25) is 0 Å².